The Morgan fingerprint density at radius 3 is 2.73 bits per heavy atom. The van der Waals surface area contributed by atoms with Crippen molar-refractivity contribution in [2.45, 2.75) is 26.8 Å². The molecule has 0 bridgehead atoms. The first-order valence-electron chi connectivity index (χ1n) is 5.32. The van der Waals surface area contributed by atoms with E-state index in [4.69, 9.17) is 0 Å². The van der Waals surface area contributed by atoms with E-state index in [-0.39, 0.29) is 0 Å². The van der Waals surface area contributed by atoms with Gasteiger partial charge in [-0.05, 0) is 31.5 Å². The summed E-state index contributed by atoms with van der Waals surface area (Å²) < 4.78 is 2.04. The lowest BCUT2D eigenvalue weighted by Gasteiger charge is -1.99. The fourth-order valence-electron chi connectivity index (χ4n) is 1.67. The summed E-state index contributed by atoms with van der Waals surface area (Å²) in [5.74, 6) is 0. The van der Waals surface area contributed by atoms with Crippen LogP contribution < -0.4 is 0 Å². The third-order valence-corrected chi connectivity index (χ3v) is 2.48. The van der Waals surface area contributed by atoms with Gasteiger partial charge in [0.2, 0.25) is 0 Å². The largest absolute Gasteiger partial charge is 0.269 e. The van der Waals surface area contributed by atoms with Crippen LogP contribution in [0.5, 0.6) is 0 Å². The van der Waals surface area contributed by atoms with Crippen molar-refractivity contribution in [3.05, 3.63) is 36.3 Å². The van der Waals surface area contributed by atoms with Crippen LogP contribution in [0.4, 0.5) is 0 Å². The standard InChI is InChI=1S/C12H15N3/c1-3-11-8-12(14-15(11)4-2)10-6-5-7-13-9-10/h5-9H,3-4H2,1-2H3. The van der Waals surface area contributed by atoms with E-state index in [0.717, 1.165) is 24.2 Å². The van der Waals surface area contributed by atoms with Crippen LogP contribution in [-0.4, -0.2) is 14.8 Å². The Morgan fingerprint density at radius 1 is 1.33 bits per heavy atom. The highest BCUT2D eigenvalue weighted by molar-refractivity contribution is 5.57. The molecule has 2 aromatic rings. The summed E-state index contributed by atoms with van der Waals surface area (Å²) in [4.78, 5) is 4.10. The van der Waals surface area contributed by atoms with E-state index in [0.29, 0.717) is 0 Å². The van der Waals surface area contributed by atoms with Crippen molar-refractivity contribution in [1.29, 1.82) is 0 Å². The molecular weight excluding hydrogens is 186 g/mol. The van der Waals surface area contributed by atoms with Gasteiger partial charge in [0.25, 0.3) is 0 Å². The Morgan fingerprint density at radius 2 is 2.20 bits per heavy atom. The number of hydrogen-bond donors (Lipinski definition) is 0. The summed E-state index contributed by atoms with van der Waals surface area (Å²) in [5, 5.41) is 4.55. The SMILES string of the molecule is CCc1cc(-c2cccnc2)nn1CC. The van der Waals surface area contributed by atoms with Crippen molar-refractivity contribution in [3.8, 4) is 11.3 Å². The van der Waals surface area contributed by atoms with E-state index in [9.17, 15) is 0 Å². The van der Waals surface area contributed by atoms with Crippen LogP contribution in [0.15, 0.2) is 30.6 Å². The number of rotatable bonds is 3. The molecule has 0 atom stereocenters. The summed E-state index contributed by atoms with van der Waals surface area (Å²) in [6, 6.07) is 6.11. The molecule has 0 aliphatic rings. The molecule has 0 unspecified atom stereocenters. The van der Waals surface area contributed by atoms with Crippen LogP contribution in [0.25, 0.3) is 11.3 Å². The van der Waals surface area contributed by atoms with Crippen molar-refractivity contribution in [2.75, 3.05) is 0 Å². The molecule has 3 heteroatoms. The van der Waals surface area contributed by atoms with Gasteiger partial charge in [0.05, 0.1) is 5.69 Å². The number of aromatic nitrogens is 3. The van der Waals surface area contributed by atoms with Crippen LogP contribution in [0, 0.1) is 0 Å². The van der Waals surface area contributed by atoms with Crippen LogP contribution in [0.1, 0.15) is 19.5 Å². The normalized spacial score (nSPS) is 10.5. The lowest BCUT2D eigenvalue weighted by molar-refractivity contribution is 0.628. The van der Waals surface area contributed by atoms with Gasteiger partial charge in [-0.3, -0.25) is 9.67 Å². The molecule has 0 amide bonds. The van der Waals surface area contributed by atoms with Gasteiger partial charge >= 0.3 is 0 Å². The lowest BCUT2D eigenvalue weighted by Crippen LogP contribution is -2.00. The minimum absolute atomic E-state index is 0.920. The molecule has 3 nitrogen and oxygen atoms in total. The van der Waals surface area contributed by atoms with Gasteiger partial charge in [-0.15, -0.1) is 0 Å². The maximum atomic E-state index is 4.55. The van der Waals surface area contributed by atoms with Crippen molar-refractivity contribution < 1.29 is 0 Å². The molecule has 15 heavy (non-hydrogen) atoms. The molecule has 0 fully saturated rings. The molecule has 2 aromatic heterocycles. The predicted octanol–water partition coefficient (Wildman–Crippen LogP) is 2.53. The van der Waals surface area contributed by atoms with Crippen molar-refractivity contribution in [3.63, 3.8) is 0 Å². The van der Waals surface area contributed by atoms with E-state index in [1.165, 1.54) is 5.69 Å². The maximum Gasteiger partial charge on any atom is 0.0941 e. The first kappa shape index (κ1) is 9.90. The zero-order valence-electron chi connectivity index (χ0n) is 9.14. The van der Waals surface area contributed by atoms with Gasteiger partial charge in [-0.25, -0.2) is 0 Å². The van der Waals surface area contributed by atoms with Crippen LogP contribution in [0.2, 0.25) is 0 Å². The third-order valence-electron chi connectivity index (χ3n) is 2.48. The van der Waals surface area contributed by atoms with Crippen molar-refractivity contribution in [1.82, 2.24) is 14.8 Å². The van der Waals surface area contributed by atoms with Gasteiger partial charge in [-0.2, -0.15) is 5.10 Å². The first-order valence-corrected chi connectivity index (χ1v) is 5.32. The van der Waals surface area contributed by atoms with Gasteiger partial charge in [0, 0.05) is 30.2 Å². The highest BCUT2D eigenvalue weighted by Gasteiger charge is 2.06. The molecule has 2 heterocycles. The van der Waals surface area contributed by atoms with Crippen LogP contribution >= 0.6 is 0 Å². The Hall–Kier alpha value is -1.64. The first-order chi connectivity index (χ1) is 7.35. The zero-order chi connectivity index (χ0) is 10.7. The number of aryl methyl sites for hydroxylation is 2. The van der Waals surface area contributed by atoms with E-state index >= 15 is 0 Å². The highest BCUT2D eigenvalue weighted by Crippen LogP contribution is 2.18. The molecular formula is C12H15N3. The second-order valence-electron chi connectivity index (χ2n) is 3.43. The lowest BCUT2D eigenvalue weighted by atomic mass is 10.2. The van der Waals surface area contributed by atoms with E-state index in [2.05, 4.69) is 30.0 Å². The number of pyridine rings is 1. The predicted molar refractivity (Wildman–Crippen MR) is 60.5 cm³/mol. The second kappa shape index (κ2) is 4.26. The molecule has 0 aliphatic heterocycles. The monoisotopic (exact) mass is 201 g/mol. The molecule has 0 radical (unpaired) electrons. The van der Waals surface area contributed by atoms with Crippen molar-refractivity contribution in [2.24, 2.45) is 0 Å². The summed E-state index contributed by atoms with van der Waals surface area (Å²) in [6.45, 7) is 5.18. The smallest absolute Gasteiger partial charge is 0.0941 e. The van der Waals surface area contributed by atoms with Gasteiger partial charge in [-0.1, -0.05) is 6.92 Å². The van der Waals surface area contributed by atoms with Crippen molar-refractivity contribution >= 4 is 0 Å². The minimum atomic E-state index is 0.920. The Bertz CT molecular complexity index is 410. The molecule has 0 aliphatic carbocycles. The Balaban J connectivity index is 2.42. The summed E-state index contributed by atoms with van der Waals surface area (Å²) >= 11 is 0. The molecule has 0 spiro atoms. The number of hydrogen-bond acceptors (Lipinski definition) is 2. The van der Waals surface area contributed by atoms with Gasteiger partial charge in [0.1, 0.15) is 0 Å². The number of nitrogens with zero attached hydrogens (tertiary/aromatic N) is 3. The average Bonchev–Trinajstić information content (AvgIpc) is 2.73. The minimum Gasteiger partial charge on any atom is -0.269 e. The molecule has 0 aromatic carbocycles. The van der Waals surface area contributed by atoms with Crippen LogP contribution in [0.3, 0.4) is 0 Å². The molecule has 0 saturated carbocycles. The van der Waals surface area contributed by atoms with E-state index < -0.39 is 0 Å². The fourth-order valence-corrected chi connectivity index (χ4v) is 1.67. The zero-order valence-corrected chi connectivity index (χ0v) is 9.14. The molecule has 2 rings (SSSR count). The highest BCUT2D eigenvalue weighted by atomic mass is 15.3. The molecule has 0 N–H and O–H groups in total. The van der Waals surface area contributed by atoms with Crippen LogP contribution in [-0.2, 0) is 13.0 Å². The summed E-state index contributed by atoms with van der Waals surface area (Å²) in [7, 11) is 0. The molecule has 0 saturated heterocycles. The van der Waals surface area contributed by atoms with E-state index in [1.807, 2.05) is 23.0 Å². The Labute approximate surface area is 89.8 Å². The average molecular weight is 201 g/mol. The maximum absolute atomic E-state index is 4.55. The second-order valence-corrected chi connectivity index (χ2v) is 3.43. The topological polar surface area (TPSA) is 30.7 Å². The Kier molecular flexibility index (Phi) is 2.81. The fraction of sp³-hybridized carbons (Fsp3) is 0.333. The quantitative estimate of drug-likeness (QED) is 0.764. The van der Waals surface area contributed by atoms with E-state index in [1.54, 1.807) is 6.20 Å². The summed E-state index contributed by atoms with van der Waals surface area (Å²) in [6.07, 6.45) is 4.64. The molecule has 78 valence electrons. The third kappa shape index (κ3) is 1.91. The van der Waals surface area contributed by atoms with Gasteiger partial charge in [0.15, 0.2) is 0 Å². The van der Waals surface area contributed by atoms with Gasteiger partial charge < -0.3 is 0 Å². The summed E-state index contributed by atoms with van der Waals surface area (Å²) in [5.41, 5.74) is 3.37.